The van der Waals surface area contributed by atoms with Crippen LogP contribution in [0.25, 0.3) is 0 Å². The summed E-state index contributed by atoms with van der Waals surface area (Å²) in [5.74, 6) is -1.32. The third-order valence-electron chi connectivity index (χ3n) is 5.41. The van der Waals surface area contributed by atoms with Crippen molar-refractivity contribution in [1.29, 1.82) is 0 Å². The summed E-state index contributed by atoms with van der Waals surface area (Å²) in [5.41, 5.74) is 3.20. The highest BCUT2D eigenvalue weighted by atomic mass is 35.5. The van der Waals surface area contributed by atoms with Gasteiger partial charge in [0.15, 0.2) is 6.10 Å². The van der Waals surface area contributed by atoms with Crippen LogP contribution in [0, 0.1) is 0 Å². The Bertz CT molecular complexity index is 1590. The number of hydrogen-bond acceptors (Lipinski definition) is 7. The minimum atomic E-state index is -0.887. The number of carbonyl (C=O) groups is 3. The number of halogens is 3. The molecular formula is C30H21Cl3N2O6. The van der Waals surface area contributed by atoms with Crippen LogP contribution < -0.4 is 19.6 Å². The summed E-state index contributed by atoms with van der Waals surface area (Å²) in [6.45, 7) is 1.55. The van der Waals surface area contributed by atoms with Gasteiger partial charge in [-0.25, -0.2) is 15.0 Å². The number of ether oxygens (including phenoxy) is 3. The van der Waals surface area contributed by atoms with E-state index in [9.17, 15) is 14.4 Å². The van der Waals surface area contributed by atoms with Crippen LogP contribution >= 0.6 is 34.8 Å². The molecule has 0 unspecified atom stereocenters. The van der Waals surface area contributed by atoms with Gasteiger partial charge in [0.05, 0.1) is 17.3 Å². The Morgan fingerprint density at radius 2 is 1.34 bits per heavy atom. The molecule has 0 aliphatic heterocycles. The van der Waals surface area contributed by atoms with Crippen LogP contribution in [0.4, 0.5) is 0 Å². The van der Waals surface area contributed by atoms with Crippen molar-refractivity contribution >= 4 is 58.9 Å². The first-order valence-corrected chi connectivity index (χ1v) is 13.2. The van der Waals surface area contributed by atoms with Gasteiger partial charge in [0, 0.05) is 26.7 Å². The van der Waals surface area contributed by atoms with Gasteiger partial charge in [-0.1, -0.05) is 40.9 Å². The van der Waals surface area contributed by atoms with E-state index in [-0.39, 0.29) is 22.6 Å². The van der Waals surface area contributed by atoms with Crippen LogP contribution in [0.15, 0.2) is 96.1 Å². The molecule has 0 fully saturated rings. The number of nitrogens with zero attached hydrogens (tertiary/aromatic N) is 1. The highest BCUT2D eigenvalue weighted by Gasteiger charge is 2.17. The van der Waals surface area contributed by atoms with Gasteiger partial charge in [-0.3, -0.25) is 4.79 Å². The second-order valence-electron chi connectivity index (χ2n) is 8.44. The van der Waals surface area contributed by atoms with Crippen molar-refractivity contribution in [2.24, 2.45) is 5.10 Å². The van der Waals surface area contributed by atoms with Crippen molar-refractivity contribution in [2.75, 3.05) is 0 Å². The van der Waals surface area contributed by atoms with Crippen molar-refractivity contribution in [1.82, 2.24) is 5.43 Å². The van der Waals surface area contributed by atoms with Gasteiger partial charge in [0.1, 0.15) is 17.2 Å². The smallest absolute Gasteiger partial charge is 0.343 e. The minimum Gasteiger partial charge on any atom is -0.481 e. The SMILES string of the molecule is C[C@H](Oc1cccc(Cl)c1)C(=O)N/N=C\c1ccc(OC(=O)c2ccc(Cl)cc2)cc1OC(=O)c1ccc(Cl)cc1. The van der Waals surface area contributed by atoms with Gasteiger partial charge in [0.25, 0.3) is 5.91 Å². The number of benzene rings is 4. The first kappa shape index (κ1) is 29.6. The van der Waals surface area contributed by atoms with Crippen LogP contribution in [0.3, 0.4) is 0 Å². The zero-order valence-corrected chi connectivity index (χ0v) is 23.6. The quantitative estimate of drug-likeness (QED) is 0.0946. The first-order chi connectivity index (χ1) is 19.7. The molecule has 1 atom stereocenters. The lowest BCUT2D eigenvalue weighted by atomic mass is 10.2. The van der Waals surface area contributed by atoms with E-state index < -0.39 is 23.9 Å². The molecule has 0 saturated carbocycles. The largest absolute Gasteiger partial charge is 0.481 e. The van der Waals surface area contributed by atoms with Gasteiger partial charge in [0.2, 0.25) is 0 Å². The third-order valence-corrected chi connectivity index (χ3v) is 6.15. The Morgan fingerprint density at radius 1 is 0.732 bits per heavy atom. The molecule has 208 valence electrons. The van der Waals surface area contributed by atoms with E-state index in [4.69, 9.17) is 49.0 Å². The summed E-state index contributed by atoms with van der Waals surface area (Å²) in [4.78, 5) is 37.9. The fourth-order valence-electron chi connectivity index (χ4n) is 3.32. The van der Waals surface area contributed by atoms with E-state index in [0.29, 0.717) is 26.4 Å². The topological polar surface area (TPSA) is 103 Å². The molecule has 41 heavy (non-hydrogen) atoms. The molecular weight excluding hydrogens is 591 g/mol. The lowest BCUT2D eigenvalue weighted by Crippen LogP contribution is -2.33. The fourth-order valence-corrected chi connectivity index (χ4v) is 3.76. The number of carbonyl (C=O) groups excluding carboxylic acids is 3. The maximum absolute atomic E-state index is 12.8. The fraction of sp³-hybridized carbons (Fsp3) is 0.0667. The lowest BCUT2D eigenvalue weighted by Gasteiger charge is -2.13. The highest BCUT2D eigenvalue weighted by molar-refractivity contribution is 6.31. The summed E-state index contributed by atoms with van der Waals surface area (Å²) in [5, 5.41) is 5.35. The van der Waals surface area contributed by atoms with E-state index in [1.807, 2.05) is 0 Å². The molecule has 4 aromatic carbocycles. The zero-order valence-electron chi connectivity index (χ0n) is 21.3. The van der Waals surface area contributed by atoms with Gasteiger partial charge in [-0.15, -0.1) is 0 Å². The van der Waals surface area contributed by atoms with Gasteiger partial charge in [-0.2, -0.15) is 5.10 Å². The van der Waals surface area contributed by atoms with E-state index in [0.717, 1.165) is 0 Å². The summed E-state index contributed by atoms with van der Waals surface area (Å²) in [6.07, 6.45) is 0.390. The predicted octanol–water partition coefficient (Wildman–Crippen LogP) is 7.00. The van der Waals surface area contributed by atoms with Crippen LogP contribution in [-0.2, 0) is 4.79 Å². The number of amides is 1. The molecule has 1 amide bonds. The van der Waals surface area contributed by atoms with E-state index in [1.165, 1.54) is 48.7 Å². The second kappa shape index (κ2) is 13.8. The van der Waals surface area contributed by atoms with Crippen LogP contribution in [0.1, 0.15) is 33.2 Å². The maximum Gasteiger partial charge on any atom is 0.343 e. The Balaban J connectivity index is 1.51. The summed E-state index contributed by atoms with van der Waals surface area (Å²) >= 11 is 17.8. The molecule has 8 nitrogen and oxygen atoms in total. The third kappa shape index (κ3) is 8.56. The van der Waals surface area contributed by atoms with Crippen molar-refractivity contribution in [2.45, 2.75) is 13.0 Å². The van der Waals surface area contributed by atoms with Crippen LogP contribution in [0.2, 0.25) is 15.1 Å². The Labute approximate surface area is 250 Å². The molecule has 0 saturated heterocycles. The Morgan fingerprint density at radius 3 is 1.95 bits per heavy atom. The number of hydrogen-bond donors (Lipinski definition) is 1. The first-order valence-electron chi connectivity index (χ1n) is 12.0. The van der Waals surface area contributed by atoms with Crippen LogP contribution in [-0.4, -0.2) is 30.2 Å². The minimum absolute atomic E-state index is 0.0209. The summed E-state index contributed by atoms with van der Waals surface area (Å²) in [7, 11) is 0. The van der Waals surface area contributed by atoms with Crippen molar-refractivity contribution in [3.05, 3.63) is 123 Å². The number of esters is 2. The van der Waals surface area contributed by atoms with Gasteiger partial charge >= 0.3 is 11.9 Å². The molecule has 0 heterocycles. The molecule has 0 bridgehead atoms. The standard InChI is InChI=1S/C30H21Cl3N2O6/c1-18(39-25-4-2-3-24(33)15-25)28(36)35-34-17-21-9-14-26(40-29(37)19-5-10-22(31)11-6-19)16-27(21)41-30(38)20-7-12-23(32)13-8-20/h2-18H,1H3,(H,35,36)/b34-17-/t18-/m0/s1. The lowest BCUT2D eigenvalue weighted by molar-refractivity contribution is -0.127. The predicted molar refractivity (Wildman–Crippen MR) is 157 cm³/mol. The number of rotatable bonds is 9. The molecule has 1 N–H and O–H groups in total. The Kier molecular flexibility index (Phi) is 9.97. The number of hydrazone groups is 1. The number of nitrogens with one attached hydrogen (secondary N) is 1. The molecule has 0 radical (unpaired) electrons. The monoisotopic (exact) mass is 610 g/mol. The second-order valence-corrected chi connectivity index (χ2v) is 9.75. The average molecular weight is 612 g/mol. The van der Waals surface area contributed by atoms with E-state index >= 15 is 0 Å². The average Bonchev–Trinajstić information content (AvgIpc) is 2.94. The molecule has 4 rings (SSSR count). The summed E-state index contributed by atoms with van der Waals surface area (Å²) in [6, 6.07) is 23.3. The van der Waals surface area contributed by atoms with Crippen molar-refractivity contribution in [3.8, 4) is 17.2 Å². The van der Waals surface area contributed by atoms with Crippen molar-refractivity contribution < 1.29 is 28.6 Å². The molecule has 0 spiro atoms. The normalized spacial score (nSPS) is 11.5. The molecule has 0 aromatic heterocycles. The van der Waals surface area contributed by atoms with Crippen LogP contribution in [0.5, 0.6) is 17.2 Å². The van der Waals surface area contributed by atoms with E-state index in [2.05, 4.69) is 10.5 Å². The Hall–Kier alpha value is -4.37. The zero-order chi connectivity index (χ0) is 29.4. The summed E-state index contributed by atoms with van der Waals surface area (Å²) < 4.78 is 16.6. The van der Waals surface area contributed by atoms with Gasteiger partial charge in [-0.05, 0) is 85.8 Å². The highest BCUT2D eigenvalue weighted by Crippen LogP contribution is 2.26. The molecule has 0 aliphatic rings. The molecule has 0 aliphatic carbocycles. The van der Waals surface area contributed by atoms with Crippen molar-refractivity contribution in [3.63, 3.8) is 0 Å². The van der Waals surface area contributed by atoms with Gasteiger partial charge < -0.3 is 14.2 Å². The van der Waals surface area contributed by atoms with E-state index in [1.54, 1.807) is 55.5 Å². The molecule has 4 aromatic rings. The maximum atomic E-state index is 12.8. The molecule has 11 heteroatoms.